The molecule has 0 bridgehead atoms. The Hall–Kier alpha value is -1.04. The predicted octanol–water partition coefficient (Wildman–Crippen LogP) is 3.91. The van der Waals surface area contributed by atoms with Crippen molar-refractivity contribution in [3.8, 4) is 0 Å². The monoisotopic (exact) mass is 298 g/mol. The number of rotatable bonds is 4. The Morgan fingerprint density at radius 1 is 1.50 bits per heavy atom. The summed E-state index contributed by atoms with van der Waals surface area (Å²) in [4.78, 5) is 16.3. The van der Waals surface area contributed by atoms with Gasteiger partial charge in [0.1, 0.15) is 0 Å². The lowest BCUT2D eigenvalue weighted by atomic mass is 10.2. The highest BCUT2D eigenvalue weighted by Gasteiger charge is 2.11. The van der Waals surface area contributed by atoms with E-state index in [-0.39, 0.29) is 5.91 Å². The number of carbonyl (C=O) groups is 1. The molecule has 0 spiro atoms. The van der Waals surface area contributed by atoms with Crippen molar-refractivity contribution < 1.29 is 4.79 Å². The molecule has 0 aliphatic carbocycles. The molecular formula is C12H11ClN2OS2. The summed E-state index contributed by atoms with van der Waals surface area (Å²) in [7, 11) is 0. The molecule has 0 fully saturated rings. The van der Waals surface area contributed by atoms with E-state index in [0.29, 0.717) is 15.7 Å². The van der Waals surface area contributed by atoms with Gasteiger partial charge in [0, 0.05) is 11.1 Å². The number of hydrogen-bond acceptors (Lipinski definition) is 4. The molecule has 1 aromatic heterocycles. The number of thioether (sulfide) groups is 1. The van der Waals surface area contributed by atoms with Crippen LogP contribution in [0.1, 0.15) is 16.1 Å². The molecule has 18 heavy (non-hydrogen) atoms. The number of anilines is 1. The first-order valence-corrected chi connectivity index (χ1v) is 7.85. The summed E-state index contributed by atoms with van der Waals surface area (Å²) in [5.41, 5.74) is 1.43. The van der Waals surface area contributed by atoms with Crippen molar-refractivity contribution in [3.63, 3.8) is 0 Å². The molecule has 1 heterocycles. The number of carbonyl (C=O) groups excluding carboxylic acids is 1. The van der Waals surface area contributed by atoms with Crippen LogP contribution in [-0.4, -0.2) is 17.1 Å². The Morgan fingerprint density at radius 2 is 2.28 bits per heavy atom. The van der Waals surface area contributed by atoms with Gasteiger partial charge >= 0.3 is 0 Å². The average molecular weight is 299 g/mol. The molecular weight excluding hydrogens is 288 g/mol. The van der Waals surface area contributed by atoms with Crippen molar-refractivity contribution in [1.29, 1.82) is 0 Å². The summed E-state index contributed by atoms with van der Waals surface area (Å²) in [5, 5.41) is 5.74. The Balaban J connectivity index is 2.09. The maximum Gasteiger partial charge on any atom is 0.258 e. The van der Waals surface area contributed by atoms with Gasteiger partial charge in [0.25, 0.3) is 5.91 Å². The Labute approximate surface area is 119 Å². The number of amides is 1. The van der Waals surface area contributed by atoms with E-state index < -0.39 is 0 Å². The number of nitrogens with zero attached hydrogens (tertiary/aromatic N) is 1. The summed E-state index contributed by atoms with van der Waals surface area (Å²) in [6.45, 7) is 0. The standard InChI is InChI=1S/C12H11ClN2OS2/c1-17-6-8-7-18-12(14-8)15-11(16)9-4-2-3-5-10(9)13/h2-5,7H,6H2,1H3,(H,14,15,16). The molecule has 2 rings (SSSR count). The number of thiazole rings is 1. The second-order valence-corrected chi connectivity index (χ2v) is 5.64. The van der Waals surface area contributed by atoms with Gasteiger partial charge in [-0.25, -0.2) is 4.98 Å². The largest absolute Gasteiger partial charge is 0.298 e. The fraction of sp³-hybridized carbons (Fsp3) is 0.167. The average Bonchev–Trinajstić information content (AvgIpc) is 2.77. The first kappa shape index (κ1) is 13.4. The molecule has 0 radical (unpaired) electrons. The number of aromatic nitrogens is 1. The smallest absolute Gasteiger partial charge is 0.258 e. The molecule has 6 heteroatoms. The van der Waals surface area contributed by atoms with E-state index in [2.05, 4.69) is 10.3 Å². The van der Waals surface area contributed by atoms with Crippen LogP contribution in [0.15, 0.2) is 29.6 Å². The second-order valence-electron chi connectivity index (χ2n) is 3.51. The molecule has 1 amide bonds. The van der Waals surface area contributed by atoms with E-state index >= 15 is 0 Å². The Morgan fingerprint density at radius 3 is 3.00 bits per heavy atom. The van der Waals surface area contributed by atoms with E-state index in [1.54, 1.807) is 36.0 Å². The minimum absolute atomic E-state index is 0.231. The maximum atomic E-state index is 12.0. The number of halogens is 1. The normalized spacial score (nSPS) is 10.3. The van der Waals surface area contributed by atoms with E-state index in [0.717, 1.165) is 11.4 Å². The summed E-state index contributed by atoms with van der Waals surface area (Å²) >= 11 is 9.07. The molecule has 0 aliphatic heterocycles. The molecule has 3 nitrogen and oxygen atoms in total. The van der Waals surface area contributed by atoms with E-state index in [4.69, 9.17) is 11.6 Å². The van der Waals surface area contributed by atoms with E-state index in [1.807, 2.05) is 11.6 Å². The Bertz CT molecular complexity index is 557. The van der Waals surface area contributed by atoms with E-state index in [9.17, 15) is 4.79 Å². The number of benzene rings is 1. The highest BCUT2D eigenvalue weighted by molar-refractivity contribution is 7.97. The van der Waals surface area contributed by atoms with Gasteiger partial charge in [0.15, 0.2) is 5.13 Å². The van der Waals surface area contributed by atoms with Crippen molar-refractivity contribution in [1.82, 2.24) is 4.98 Å². The van der Waals surface area contributed by atoms with Gasteiger partial charge in [-0.3, -0.25) is 10.1 Å². The molecule has 0 aliphatic rings. The van der Waals surface area contributed by atoms with Crippen LogP contribution in [0.4, 0.5) is 5.13 Å². The fourth-order valence-corrected chi connectivity index (χ4v) is 2.86. The zero-order chi connectivity index (χ0) is 13.0. The third-order valence-electron chi connectivity index (χ3n) is 2.18. The first-order chi connectivity index (χ1) is 8.70. The van der Waals surface area contributed by atoms with Gasteiger partial charge < -0.3 is 0 Å². The van der Waals surface area contributed by atoms with Crippen molar-refractivity contribution >= 4 is 45.7 Å². The number of hydrogen-bond donors (Lipinski definition) is 1. The van der Waals surface area contributed by atoms with Crippen LogP contribution >= 0.6 is 34.7 Å². The van der Waals surface area contributed by atoms with Crippen molar-refractivity contribution in [2.75, 3.05) is 11.6 Å². The zero-order valence-electron chi connectivity index (χ0n) is 9.64. The van der Waals surface area contributed by atoms with Crippen molar-refractivity contribution in [2.45, 2.75) is 5.75 Å². The highest BCUT2D eigenvalue weighted by atomic mass is 35.5. The SMILES string of the molecule is CSCc1csc(NC(=O)c2ccccc2Cl)n1. The first-order valence-electron chi connectivity index (χ1n) is 5.20. The van der Waals surface area contributed by atoms with Gasteiger partial charge in [0.2, 0.25) is 0 Å². The van der Waals surface area contributed by atoms with Crippen molar-refractivity contribution in [2.24, 2.45) is 0 Å². The van der Waals surface area contributed by atoms with Gasteiger partial charge in [0.05, 0.1) is 16.3 Å². The van der Waals surface area contributed by atoms with Crippen LogP contribution in [0.25, 0.3) is 0 Å². The molecule has 0 unspecified atom stereocenters. The molecule has 0 atom stereocenters. The lowest BCUT2D eigenvalue weighted by Crippen LogP contribution is -2.12. The molecule has 1 N–H and O–H groups in total. The van der Waals surface area contributed by atoms with Gasteiger partial charge in [-0.15, -0.1) is 11.3 Å². The minimum atomic E-state index is -0.231. The van der Waals surface area contributed by atoms with Crippen LogP contribution in [0, 0.1) is 0 Å². The van der Waals surface area contributed by atoms with Gasteiger partial charge in [-0.1, -0.05) is 23.7 Å². The highest BCUT2D eigenvalue weighted by Crippen LogP contribution is 2.21. The quantitative estimate of drug-likeness (QED) is 0.930. The molecule has 1 aromatic carbocycles. The Kier molecular flexibility index (Phi) is 4.63. The third-order valence-corrected chi connectivity index (χ3v) is 3.90. The third kappa shape index (κ3) is 3.25. The van der Waals surface area contributed by atoms with Crippen LogP contribution in [0.3, 0.4) is 0 Å². The number of nitrogens with one attached hydrogen (secondary N) is 1. The van der Waals surface area contributed by atoms with Crippen LogP contribution in [-0.2, 0) is 5.75 Å². The minimum Gasteiger partial charge on any atom is -0.298 e. The van der Waals surface area contributed by atoms with E-state index in [1.165, 1.54) is 11.3 Å². The lowest BCUT2D eigenvalue weighted by Gasteiger charge is -2.03. The predicted molar refractivity (Wildman–Crippen MR) is 78.7 cm³/mol. The van der Waals surface area contributed by atoms with Gasteiger partial charge in [-0.05, 0) is 18.4 Å². The molecule has 0 saturated heterocycles. The molecule has 0 saturated carbocycles. The van der Waals surface area contributed by atoms with Gasteiger partial charge in [-0.2, -0.15) is 11.8 Å². The second kappa shape index (κ2) is 6.22. The summed E-state index contributed by atoms with van der Waals surface area (Å²) in [6, 6.07) is 6.95. The van der Waals surface area contributed by atoms with Crippen molar-refractivity contribution in [3.05, 3.63) is 45.9 Å². The van der Waals surface area contributed by atoms with Crippen LogP contribution in [0.5, 0.6) is 0 Å². The van der Waals surface area contributed by atoms with Crippen LogP contribution in [0.2, 0.25) is 5.02 Å². The van der Waals surface area contributed by atoms with Crippen LogP contribution < -0.4 is 5.32 Å². The molecule has 2 aromatic rings. The fourth-order valence-electron chi connectivity index (χ4n) is 1.39. The lowest BCUT2D eigenvalue weighted by molar-refractivity contribution is 0.102. The summed E-state index contributed by atoms with van der Waals surface area (Å²) in [5.74, 6) is 0.615. The summed E-state index contributed by atoms with van der Waals surface area (Å²) < 4.78 is 0. The molecule has 94 valence electrons. The zero-order valence-corrected chi connectivity index (χ0v) is 12.0. The topological polar surface area (TPSA) is 42.0 Å². The summed E-state index contributed by atoms with van der Waals surface area (Å²) in [6.07, 6.45) is 2.02. The maximum absolute atomic E-state index is 12.0.